The highest BCUT2D eigenvalue weighted by molar-refractivity contribution is 7.52. The molecule has 3 aromatic rings. The highest BCUT2D eigenvalue weighted by atomic mass is 35.5. The maximum absolute atomic E-state index is 13.3. The van der Waals surface area contributed by atoms with Gasteiger partial charge in [0.25, 0.3) is 0 Å². The fourth-order valence-corrected chi connectivity index (χ4v) is 5.43. The maximum atomic E-state index is 13.3. The van der Waals surface area contributed by atoms with Gasteiger partial charge in [-0.1, -0.05) is 23.7 Å². The molecule has 12 nitrogen and oxygen atoms in total. The Balaban J connectivity index is 1.43. The Kier molecular flexibility index (Phi) is 6.94. The van der Waals surface area contributed by atoms with Gasteiger partial charge in [0.15, 0.2) is 11.2 Å². The first-order chi connectivity index (χ1) is 16.2. The van der Waals surface area contributed by atoms with Crippen LogP contribution in [0.15, 0.2) is 30.6 Å². The Morgan fingerprint density at radius 1 is 1.38 bits per heavy atom. The first-order valence-electron chi connectivity index (χ1n) is 10.4. The molecule has 1 aromatic carbocycles. The van der Waals surface area contributed by atoms with Crippen LogP contribution in [0, 0.1) is 5.92 Å². The van der Waals surface area contributed by atoms with Gasteiger partial charge in [-0.25, -0.2) is 9.55 Å². The highest BCUT2D eigenvalue weighted by Crippen LogP contribution is 2.49. The third-order valence-electron chi connectivity index (χ3n) is 5.46. The zero-order chi connectivity index (χ0) is 24.5. The molecule has 1 fully saturated rings. The van der Waals surface area contributed by atoms with Crippen molar-refractivity contribution in [1.29, 1.82) is 0 Å². The first kappa shape index (κ1) is 24.2. The smallest absolute Gasteiger partial charge is 0.459 e. The molecule has 0 aliphatic heterocycles. The van der Waals surface area contributed by atoms with E-state index in [1.807, 2.05) is 4.57 Å². The van der Waals surface area contributed by atoms with Crippen molar-refractivity contribution in [2.24, 2.45) is 5.92 Å². The number of hydrogen-bond acceptors (Lipinski definition) is 9. The van der Waals surface area contributed by atoms with Crippen LogP contribution >= 0.6 is 19.3 Å². The van der Waals surface area contributed by atoms with E-state index in [9.17, 15) is 14.5 Å². The normalized spacial score (nSPS) is 20.3. The molecule has 0 saturated heterocycles. The van der Waals surface area contributed by atoms with Gasteiger partial charge in [0, 0.05) is 6.04 Å². The Bertz CT molecular complexity index is 1250. The Morgan fingerprint density at radius 3 is 2.79 bits per heavy atom. The number of halogens is 1. The number of nitrogen functional groups attached to an aromatic ring is 1. The van der Waals surface area contributed by atoms with Crippen LogP contribution in [0.25, 0.3) is 11.2 Å². The molecule has 2 unspecified atom stereocenters. The van der Waals surface area contributed by atoms with Crippen molar-refractivity contribution in [2.45, 2.75) is 31.8 Å². The van der Waals surface area contributed by atoms with Gasteiger partial charge < -0.3 is 24.7 Å². The summed E-state index contributed by atoms with van der Waals surface area (Å²) < 4.78 is 31.6. The van der Waals surface area contributed by atoms with Crippen LogP contribution in [0.3, 0.4) is 0 Å². The third-order valence-corrected chi connectivity index (χ3v) is 7.40. The van der Waals surface area contributed by atoms with E-state index in [-0.39, 0.29) is 35.3 Å². The predicted molar refractivity (Wildman–Crippen MR) is 124 cm³/mol. The molecule has 0 amide bonds. The van der Waals surface area contributed by atoms with Gasteiger partial charge in [-0.3, -0.25) is 9.32 Å². The summed E-state index contributed by atoms with van der Waals surface area (Å²) in [6.45, 7) is 1.43. The number of carbonyl (C=O) groups is 1. The van der Waals surface area contributed by atoms with Crippen molar-refractivity contribution < 1.29 is 28.3 Å². The number of nitrogens with two attached hydrogens (primary N) is 1. The number of benzene rings is 1. The van der Waals surface area contributed by atoms with E-state index in [1.165, 1.54) is 20.1 Å². The Labute approximate surface area is 200 Å². The lowest BCUT2D eigenvalue weighted by Crippen LogP contribution is -2.35. The number of hydrogen-bond donors (Lipinski definition) is 3. The number of carboxylic acid groups (broad SMARTS) is 1. The molecule has 0 bridgehead atoms. The molecular weight excluding hydrogens is 487 g/mol. The number of para-hydroxylation sites is 1. The van der Waals surface area contributed by atoms with Crippen LogP contribution in [0.4, 0.5) is 5.95 Å². The largest absolute Gasteiger partial charge is 0.480 e. The lowest BCUT2D eigenvalue weighted by Gasteiger charge is -2.36. The first-order valence-corrected chi connectivity index (χ1v) is 12.3. The zero-order valence-electron chi connectivity index (χ0n) is 18.4. The number of methoxy groups -OCH3 is 1. The number of nitrogens with one attached hydrogen (secondary N) is 1. The summed E-state index contributed by atoms with van der Waals surface area (Å²) in [7, 11) is -2.55. The van der Waals surface area contributed by atoms with Crippen LogP contribution in [-0.4, -0.2) is 50.4 Å². The summed E-state index contributed by atoms with van der Waals surface area (Å²) in [4.78, 5) is 23.9. The molecule has 2 heterocycles. The van der Waals surface area contributed by atoms with Crippen molar-refractivity contribution in [1.82, 2.24) is 24.6 Å². The number of carboxylic acids is 1. The SMILES string of the molecule is COc1nc(N)nc2c1ncn2[C@H]1C[C@@H](COP(=O)(NC(C)C(=O)O)Oc2ccccc2Cl)C1. The Hall–Kier alpha value is -2.92. The minimum atomic E-state index is -4.04. The summed E-state index contributed by atoms with van der Waals surface area (Å²) in [6.07, 6.45) is 3.04. The number of aromatic nitrogens is 4. The van der Waals surface area contributed by atoms with Gasteiger partial charge in [-0.05, 0) is 37.8 Å². The minimum absolute atomic E-state index is 0.0497. The highest BCUT2D eigenvalue weighted by Gasteiger charge is 2.37. The van der Waals surface area contributed by atoms with E-state index in [2.05, 4.69) is 20.0 Å². The number of nitrogens with zero attached hydrogens (tertiary/aromatic N) is 4. The van der Waals surface area contributed by atoms with Gasteiger partial charge in [0.2, 0.25) is 11.8 Å². The molecule has 4 N–H and O–H groups in total. The van der Waals surface area contributed by atoms with Crippen LogP contribution in [0.1, 0.15) is 25.8 Å². The second-order valence-electron chi connectivity index (χ2n) is 7.91. The van der Waals surface area contributed by atoms with Gasteiger partial charge in [0.1, 0.15) is 11.8 Å². The van der Waals surface area contributed by atoms with Crippen molar-refractivity contribution in [3.05, 3.63) is 35.6 Å². The molecule has 4 rings (SSSR count). The van der Waals surface area contributed by atoms with Crippen molar-refractivity contribution in [3.8, 4) is 11.6 Å². The van der Waals surface area contributed by atoms with E-state index in [1.54, 1.807) is 24.5 Å². The number of aliphatic carboxylic acids is 1. The lowest BCUT2D eigenvalue weighted by molar-refractivity contribution is -0.138. The lowest BCUT2D eigenvalue weighted by atomic mass is 9.81. The van der Waals surface area contributed by atoms with E-state index >= 15 is 0 Å². The van der Waals surface area contributed by atoms with Crippen molar-refractivity contribution in [3.63, 3.8) is 0 Å². The second-order valence-corrected chi connectivity index (χ2v) is 10.0. The summed E-state index contributed by atoms with van der Waals surface area (Å²) in [5.41, 5.74) is 6.86. The molecule has 0 radical (unpaired) electrons. The van der Waals surface area contributed by atoms with Crippen LogP contribution in [-0.2, 0) is 13.9 Å². The van der Waals surface area contributed by atoms with Crippen molar-refractivity contribution in [2.75, 3.05) is 19.5 Å². The number of anilines is 1. The molecule has 1 saturated carbocycles. The monoisotopic (exact) mass is 510 g/mol. The van der Waals surface area contributed by atoms with Crippen LogP contribution in [0.5, 0.6) is 11.6 Å². The molecule has 2 atom stereocenters. The molecule has 34 heavy (non-hydrogen) atoms. The van der Waals surface area contributed by atoms with E-state index in [4.69, 9.17) is 31.1 Å². The molecule has 1 aliphatic carbocycles. The predicted octanol–water partition coefficient (Wildman–Crippen LogP) is 3.29. The van der Waals surface area contributed by atoms with Gasteiger partial charge in [0.05, 0.1) is 25.1 Å². The van der Waals surface area contributed by atoms with Crippen LogP contribution in [0.2, 0.25) is 5.02 Å². The quantitative estimate of drug-likeness (QED) is 0.343. The molecule has 14 heteroatoms. The average Bonchev–Trinajstić information content (AvgIpc) is 3.17. The van der Waals surface area contributed by atoms with E-state index in [0.29, 0.717) is 29.9 Å². The minimum Gasteiger partial charge on any atom is -0.480 e. The van der Waals surface area contributed by atoms with Gasteiger partial charge in [-0.15, -0.1) is 0 Å². The number of fused-ring (bicyclic) bond motifs is 1. The second kappa shape index (κ2) is 9.75. The van der Waals surface area contributed by atoms with Gasteiger partial charge >= 0.3 is 13.7 Å². The molecule has 182 valence electrons. The Morgan fingerprint density at radius 2 is 2.12 bits per heavy atom. The summed E-state index contributed by atoms with van der Waals surface area (Å²) >= 11 is 6.10. The van der Waals surface area contributed by atoms with Gasteiger partial charge in [-0.2, -0.15) is 15.1 Å². The van der Waals surface area contributed by atoms with E-state index < -0.39 is 19.8 Å². The fraction of sp³-hybridized carbons (Fsp3) is 0.400. The number of imidazole rings is 1. The summed E-state index contributed by atoms with van der Waals surface area (Å²) in [5.74, 6) is -0.633. The fourth-order valence-electron chi connectivity index (χ4n) is 3.61. The van der Waals surface area contributed by atoms with Crippen LogP contribution < -0.4 is 20.1 Å². The zero-order valence-corrected chi connectivity index (χ0v) is 20.1. The molecule has 0 spiro atoms. The van der Waals surface area contributed by atoms with Crippen molar-refractivity contribution >= 4 is 42.4 Å². The third kappa shape index (κ3) is 5.10. The molecule has 1 aliphatic rings. The molecular formula is C20H24ClN6O6P. The molecule has 2 aromatic heterocycles. The topological polar surface area (TPSA) is 164 Å². The summed E-state index contributed by atoms with van der Waals surface area (Å²) in [5, 5.41) is 11.9. The average molecular weight is 511 g/mol. The van der Waals surface area contributed by atoms with E-state index in [0.717, 1.165) is 0 Å². The summed E-state index contributed by atoms with van der Waals surface area (Å²) in [6, 6.07) is 5.35. The maximum Gasteiger partial charge on any atom is 0.459 e. The standard InChI is InChI=1S/C20H24ClN6O6P/c1-11(19(28)29)26-34(30,33-15-6-4-3-5-14(15)21)32-9-12-7-13(8-12)27-10-23-16-17(27)24-20(22)25-18(16)31-2/h3-6,10-13H,7-9H2,1-2H3,(H,26,30)(H,28,29)(H2,22,24,25)/t11?,12-,13+,34?. The number of ether oxygens (including phenoxy) is 1. The number of rotatable bonds is 10.